The fourth-order valence-corrected chi connectivity index (χ4v) is 7.18. The Balaban J connectivity index is 1.42. The Kier molecular flexibility index (Phi) is 10.6. The summed E-state index contributed by atoms with van der Waals surface area (Å²) in [6.45, 7) is 14.5. The fraction of sp³-hybridized carbons (Fsp3) is 0.279. The van der Waals surface area contributed by atoms with E-state index >= 15 is 0 Å². The van der Waals surface area contributed by atoms with E-state index < -0.39 is 0 Å². The van der Waals surface area contributed by atoms with Crippen LogP contribution in [0.15, 0.2) is 103 Å². The van der Waals surface area contributed by atoms with Gasteiger partial charge >= 0.3 is 0 Å². The summed E-state index contributed by atoms with van der Waals surface area (Å²) in [5, 5.41) is 4.89. The molecule has 1 N–H and O–H groups in total. The second-order valence-corrected chi connectivity index (χ2v) is 14.1. The predicted molar refractivity (Wildman–Crippen MR) is 206 cm³/mol. The van der Waals surface area contributed by atoms with Gasteiger partial charge in [-0.3, -0.25) is 0 Å². The topological polar surface area (TPSA) is 57.5 Å². The third-order valence-corrected chi connectivity index (χ3v) is 9.49. The molecular weight excluding hydrogens is 635 g/mol. The zero-order chi connectivity index (χ0) is 35.4. The van der Waals surface area contributed by atoms with E-state index in [1.54, 1.807) is 7.11 Å². The first kappa shape index (κ1) is 34.8. The summed E-state index contributed by atoms with van der Waals surface area (Å²) in [7, 11) is 5.70. The lowest BCUT2D eigenvalue weighted by molar-refractivity contribution is 0.294. The Morgan fingerprint density at radius 2 is 1.42 bits per heavy atom. The molecule has 3 radical (unpaired) electrons. The number of hydrogen-bond acceptors (Lipinski definition) is 5. The average molecular weight is 681 g/mol. The molecule has 0 aliphatic rings. The molecule has 6 rings (SSSR count). The number of rotatable bonds is 13. The van der Waals surface area contributed by atoms with Crippen LogP contribution in [0.2, 0.25) is 0 Å². The number of pyridine rings is 1. The monoisotopic (exact) mass is 680 g/mol. The summed E-state index contributed by atoms with van der Waals surface area (Å²) in [6.07, 6.45) is 1.81. The van der Waals surface area contributed by atoms with Crippen LogP contribution in [0.25, 0.3) is 22.0 Å². The Bertz CT molecular complexity index is 2050. The predicted octanol–water partition coefficient (Wildman–Crippen LogP) is 10.9. The molecule has 0 saturated heterocycles. The van der Waals surface area contributed by atoms with Crippen molar-refractivity contribution in [3.63, 3.8) is 0 Å². The van der Waals surface area contributed by atoms with Crippen molar-refractivity contribution in [2.24, 2.45) is 0 Å². The summed E-state index contributed by atoms with van der Waals surface area (Å²) in [4.78, 5) is 4.59. The third kappa shape index (κ3) is 7.58. The van der Waals surface area contributed by atoms with E-state index in [0.717, 1.165) is 39.6 Å². The molecular formula is C43H46N3O3Si. The normalized spacial score (nSPS) is 11.5. The highest BCUT2D eigenvalue weighted by atomic mass is 28.2. The lowest BCUT2D eigenvalue weighted by Crippen LogP contribution is -2.04. The summed E-state index contributed by atoms with van der Waals surface area (Å²) < 4.78 is 20.0. The molecule has 0 amide bonds. The zero-order valence-electron chi connectivity index (χ0n) is 30.1. The third-order valence-electron chi connectivity index (χ3n) is 9.00. The first-order valence-electron chi connectivity index (χ1n) is 17.4. The molecule has 0 aliphatic heterocycles. The molecule has 0 aliphatic carbocycles. The van der Waals surface area contributed by atoms with E-state index in [1.807, 2.05) is 72.9 Å². The number of ether oxygens (including phenoxy) is 3. The summed E-state index contributed by atoms with van der Waals surface area (Å²) in [5.74, 6) is 3.15. The minimum Gasteiger partial charge on any atom is -0.497 e. The largest absolute Gasteiger partial charge is 0.497 e. The van der Waals surface area contributed by atoms with Gasteiger partial charge in [-0.2, -0.15) is 0 Å². The summed E-state index contributed by atoms with van der Waals surface area (Å²) in [5.41, 5.74) is 11.4. The molecule has 2 aromatic heterocycles. The number of anilines is 2. The van der Waals surface area contributed by atoms with Gasteiger partial charge in [0.05, 0.1) is 19.0 Å². The van der Waals surface area contributed by atoms with Gasteiger partial charge in [-0.25, -0.2) is 4.98 Å². The van der Waals surface area contributed by atoms with Crippen LogP contribution < -0.4 is 19.5 Å². The van der Waals surface area contributed by atoms with Crippen molar-refractivity contribution in [2.45, 2.75) is 72.5 Å². The van der Waals surface area contributed by atoms with Crippen molar-refractivity contribution >= 4 is 32.7 Å². The molecule has 50 heavy (non-hydrogen) atoms. The highest BCUT2D eigenvalue weighted by Gasteiger charge is 2.25. The van der Waals surface area contributed by atoms with Gasteiger partial charge in [0.25, 0.3) is 0 Å². The molecule has 0 spiro atoms. The van der Waals surface area contributed by atoms with Crippen molar-refractivity contribution in [1.82, 2.24) is 9.22 Å². The maximum absolute atomic E-state index is 6.53. The van der Waals surface area contributed by atoms with E-state index in [-0.39, 0.29) is 0 Å². The van der Waals surface area contributed by atoms with Crippen LogP contribution >= 0.6 is 0 Å². The van der Waals surface area contributed by atoms with Gasteiger partial charge in [-0.1, -0.05) is 90.1 Å². The van der Waals surface area contributed by atoms with Gasteiger partial charge in [-0.05, 0) is 87.5 Å². The molecule has 0 atom stereocenters. The average Bonchev–Trinajstić information content (AvgIpc) is 3.43. The van der Waals surface area contributed by atoms with Gasteiger partial charge in [0, 0.05) is 34.4 Å². The molecule has 0 saturated carbocycles. The van der Waals surface area contributed by atoms with E-state index in [9.17, 15) is 0 Å². The maximum Gasteiger partial charge on any atom is 0.213 e. The number of hydrogen-bond donors (Lipinski definition) is 1. The first-order chi connectivity index (χ1) is 24.1. The molecule has 6 nitrogen and oxygen atoms in total. The molecule has 255 valence electrons. The molecule has 0 bridgehead atoms. The van der Waals surface area contributed by atoms with E-state index in [4.69, 9.17) is 14.2 Å². The van der Waals surface area contributed by atoms with Crippen LogP contribution in [0.1, 0.15) is 87.2 Å². The van der Waals surface area contributed by atoms with Crippen molar-refractivity contribution in [3.8, 4) is 28.5 Å². The first-order valence-corrected chi connectivity index (χ1v) is 17.8. The number of benzene rings is 4. The van der Waals surface area contributed by atoms with Gasteiger partial charge in [0.15, 0.2) is 10.4 Å². The van der Waals surface area contributed by atoms with Crippen LogP contribution in [0.4, 0.5) is 11.4 Å². The fourth-order valence-electron chi connectivity index (χ4n) is 6.62. The summed E-state index contributed by atoms with van der Waals surface area (Å²) in [6, 6.07) is 33.0. The maximum atomic E-state index is 6.53. The van der Waals surface area contributed by atoms with Crippen molar-refractivity contribution in [1.29, 1.82) is 0 Å². The highest BCUT2D eigenvalue weighted by molar-refractivity contribution is 6.15. The standard InChI is InChI=1S/C43H46N3O3Si/c1-27(2)37-18-19-38-42(40(28(3)4)43(29(5)6)46(38)50)41(37)32-21-34(23-36(22-32)48-25-31-13-16-35(47-7)17-14-31)45-33-15-20-39(44-24-33)49-26-30-11-9-8-10-12-30/h8-24,27-29,45H,25-26H2,1-7H3. The lowest BCUT2D eigenvalue weighted by Gasteiger charge is -2.20. The molecule has 6 aromatic rings. The molecule has 0 fully saturated rings. The lowest BCUT2D eigenvalue weighted by atomic mass is 9.85. The Morgan fingerprint density at radius 1 is 0.700 bits per heavy atom. The van der Waals surface area contributed by atoms with E-state index in [2.05, 4.69) is 96.8 Å². The van der Waals surface area contributed by atoms with Crippen molar-refractivity contribution in [2.75, 3.05) is 12.4 Å². The number of nitrogens with one attached hydrogen (secondary N) is 1. The minimum absolute atomic E-state index is 0.308. The number of fused-ring (bicyclic) bond motifs is 1. The van der Waals surface area contributed by atoms with Crippen molar-refractivity contribution < 1.29 is 14.2 Å². The van der Waals surface area contributed by atoms with Crippen molar-refractivity contribution in [3.05, 3.63) is 131 Å². The van der Waals surface area contributed by atoms with Crippen LogP contribution in [-0.2, 0) is 13.2 Å². The Labute approximate surface area is 300 Å². The highest BCUT2D eigenvalue weighted by Crippen LogP contribution is 2.45. The van der Waals surface area contributed by atoms with Gasteiger partial charge in [0.1, 0.15) is 24.7 Å². The van der Waals surface area contributed by atoms with E-state index in [0.29, 0.717) is 36.8 Å². The molecule has 2 heterocycles. The quantitative estimate of drug-likeness (QED) is 0.123. The van der Waals surface area contributed by atoms with Gasteiger partial charge in [0.2, 0.25) is 5.88 Å². The molecule has 0 unspecified atom stereocenters. The Hall–Kier alpha value is -5.01. The second-order valence-electron chi connectivity index (χ2n) is 13.7. The smallest absolute Gasteiger partial charge is 0.213 e. The number of nitrogens with zero attached hydrogens (tertiary/aromatic N) is 2. The second kappa shape index (κ2) is 15.3. The summed E-state index contributed by atoms with van der Waals surface area (Å²) >= 11 is 0. The van der Waals surface area contributed by atoms with Crippen LogP contribution in [0, 0.1) is 0 Å². The zero-order valence-corrected chi connectivity index (χ0v) is 31.1. The van der Waals surface area contributed by atoms with Gasteiger partial charge < -0.3 is 23.8 Å². The molecule has 7 heteroatoms. The SMILES string of the molecule is COc1ccc(COc2cc(Nc3ccc(OCc4ccccc4)nc3)cc(-c3c(C(C)C)ccc4c3c(C(C)C)c(C(C)C)n4[Si])c2)cc1. The van der Waals surface area contributed by atoms with Gasteiger partial charge in [-0.15, -0.1) is 0 Å². The van der Waals surface area contributed by atoms with Crippen LogP contribution in [0.5, 0.6) is 17.4 Å². The number of aromatic nitrogens is 2. The number of methoxy groups -OCH3 is 1. The minimum atomic E-state index is 0.308. The van der Waals surface area contributed by atoms with E-state index in [1.165, 1.54) is 33.3 Å². The molecule has 4 aromatic carbocycles. The van der Waals surface area contributed by atoms with Crippen LogP contribution in [-0.4, -0.2) is 26.7 Å². The Morgan fingerprint density at radius 3 is 2.06 bits per heavy atom. The van der Waals surface area contributed by atoms with Crippen LogP contribution in [0.3, 0.4) is 0 Å².